The molecule has 0 aromatic carbocycles. The Labute approximate surface area is 114 Å². The predicted molar refractivity (Wildman–Crippen MR) is 71.0 cm³/mol. The Morgan fingerprint density at radius 3 is 2.58 bits per heavy atom. The van der Waals surface area contributed by atoms with E-state index in [0.29, 0.717) is 6.42 Å². The molecule has 0 saturated carbocycles. The van der Waals surface area contributed by atoms with Gasteiger partial charge in [0.1, 0.15) is 6.07 Å². The van der Waals surface area contributed by atoms with Gasteiger partial charge in [-0.1, -0.05) is 13.8 Å². The van der Waals surface area contributed by atoms with Crippen molar-refractivity contribution in [1.29, 1.82) is 5.26 Å². The van der Waals surface area contributed by atoms with Crippen molar-refractivity contribution < 1.29 is 9.59 Å². The zero-order chi connectivity index (χ0) is 14.4. The van der Waals surface area contributed by atoms with Crippen LogP contribution in [-0.4, -0.2) is 29.2 Å². The quantitative estimate of drug-likeness (QED) is 0.669. The number of ketones is 1. The molecule has 102 valence electrons. The molecule has 0 aromatic heterocycles. The SMILES string of the molecule is CN1C(=O)CCC[C@H]2C(C)(C)C(=O)C(C#N)=C[C@@]21C. The molecule has 1 saturated heterocycles. The Morgan fingerprint density at radius 1 is 1.37 bits per heavy atom. The van der Waals surface area contributed by atoms with E-state index in [2.05, 4.69) is 0 Å². The van der Waals surface area contributed by atoms with Crippen molar-refractivity contribution in [2.24, 2.45) is 11.3 Å². The lowest BCUT2D eigenvalue weighted by Gasteiger charge is -2.50. The summed E-state index contributed by atoms with van der Waals surface area (Å²) < 4.78 is 0. The van der Waals surface area contributed by atoms with Crippen LogP contribution in [0.5, 0.6) is 0 Å². The molecule has 1 aliphatic carbocycles. The summed E-state index contributed by atoms with van der Waals surface area (Å²) >= 11 is 0. The predicted octanol–water partition coefficient (Wildman–Crippen LogP) is 2.06. The molecule has 1 aliphatic heterocycles. The topological polar surface area (TPSA) is 61.2 Å². The molecule has 0 N–H and O–H groups in total. The van der Waals surface area contributed by atoms with Gasteiger partial charge < -0.3 is 4.90 Å². The van der Waals surface area contributed by atoms with Gasteiger partial charge in [-0.05, 0) is 31.8 Å². The van der Waals surface area contributed by atoms with Crippen LogP contribution in [0.2, 0.25) is 0 Å². The molecule has 2 atom stereocenters. The number of rotatable bonds is 0. The minimum atomic E-state index is -0.604. The Morgan fingerprint density at radius 2 is 2.00 bits per heavy atom. The first-order valence-corrected chi connectivity index (χ1v) is 6.69. The number of carbonyl (C=O) groups is 2. The fourth-order valence-electron chi connectivity index (χ4n) is 3.65. The number of nitriles is 1. The molecule has 0 radical (unpaired) electrons. The first-order chi connectivity index (χ1) is 8.75. The lowest BCUT2D eigenvalue weighted by Crippen LogP contribution is -2.58. The van der Waals surface area contributed by atoms with E-state index in [1.165, 1.54) is 0 Å². The second-order valence-electron chi connectivity index (χ2n) is 6.34. The van der Waals surface area contributed by atoms with Crippen molar-refractivity contribution in [3.05, 3.63) is 11.6 Å². The van der Waals surface area contributed by atoms with E-state index in [4.69, 9.17) is 0 Å². The van der Waals surface area contributed by atoms with Crippen molar-refractivity contribution >= 4 is 11.7 Å². The van der Waals surface area contributed by atoms with E-state index in [1.807, 2.05) is 26.8 Å². The van der Waals surface area contributed by atoms with E-state index < -0.39 is 11.0 Å². The summed E-state index contributed by atoms with van der Waals surface area (Å²) in [5.74, 6) is 0.0463. The van der Waals surface area contributed by atoms with Gasteiger partial charge in [0.2, 0.25) is 5.91 Å². The normalized spacial score (nSPS) is 34.2. The van der Waals surface area contributed by atoms with Gasteiger partial charge in [-0.3, -0.25) is 9.59 Å². The molecular weight excluding hydrogens is 240 g/mol. The first kappa shape index (κ1) is 13.8. The number of nitrogens with zero attached hydrogens (tertiary/aromatic N) is 2. The molecule has 0 bridgehead atoms. The zero-order valence-corrected chi connectivity index (χ0v) is 12.0. The molecule has 19 heavy (non-hydrogen) atoms. The average Bonchev–Trinajstić information content (AvgIpc) is 2.46. The van der Waals surface area contributed by atoms with E-state index in [-0.39, 0.29) is 23.2 Å². The van der Waals surface area contributed by atoms with Crippen LogP contribution in [0, 0.1) is 22.7 Å². The van der Waals surface area contributed by atoms with Crippen LogP contribution in [0.1, 0.15) is 40.0 Å². The third-order valence-electron chi connectivity index (χ3n) is 4.94. The number of allylic oxidation sites excluding steroid dienone is 1. The lowest BCUT2D eigenvalue weighted by molar-refractivity contribution is -0.139. The number of likely N-dealkylation sites (N-methyl/N-ethyl adjacent to an activating group) is 1. The summed E-state index contributed by atoms with van der Waals surface area (Å²) in [5.41, 5.74) is -0.964. The van der Waals surface area contributed by atoms with E-state index >= 15 is 0 Å². The van der Waals surface area contributed by atoms with Crippen molar-refractivity contribution in [2.75, 3.05) is 7.05 Å². The molecule has 2 rings (SSSR count). The summed E-state index contributed by atoms with van der Waals surface area (Å²) in [6.45, 7) is 5.75. The van der Waals surface area contributed by atoms with Gasteiger partial charge in [0.05, 0.1) is 11.1 Å². The number of amides is 1. The average molecular weight is 260 g/mol. The highest BCUT2D eigenvalue weighted by molar-refractivity contribution is 6.04. The standard InChI is InChI=1S/C15H20N2O2/c1-14(2)11-6-5-7-12(18)17(4)15(11,3)8-10(9-16)13(14)19/h8,11H,5-7H2,1-4H3/t11-,15-/m0/s1. The highest BCUT2D eigenvalue weighted by Gasteiger charge is 2.54. The monoisotopic (exact) mass is 260 g/mol. The maximum atomic E-state index is 12.4. The number of likely N-dealkylation sites (tertiary alicyclic amines) is 1. The molecule has 1 fully saturated rings. The van der Waals surface area contributed by atoms with Crippen LogP contribution in [-0.2, 0) is 9.59 Å². The molecular formula is C15H20N2O2. The second-order valence-corrected chi connectivity index (χ2v) is 6.34. The minimum Gasteiger partial charge on any atom is -0.337 e. The van der Waals surface area contributed by atoms with Crippen molar-refractivity contribution in [3.63, 3.8) is 0 Å². The molecule has 4 nitrogen and oxygen atoms in total. The largest absolute Gasteiger partial charge is 0.337 e. The molecule has 1 amide bonds. The van der Waals surface area contributed by atoms with Gasteiger partial charge in [-0.15, -0.1) is 0 Å². The third-order valence-corrected chi connectivity index (χ3v) is 4.94. The summed E-state index contributed by atoms with van der Waals surface area (Å²) in [6.07, 6.45) is 3.85. The highest BCUT2D eigenvalue weighted by atomic mass is 16.2. The molecule has 1 heterocycles. The van der Waals surface area contributed by atoms with Crippen molar-refractivity contribution in [1.82, 2.24) is 4.90 Å². The highest BCUT2D eigenvalue weighted by Crippen LogP contribution is 2.49. The molecule has 4 heteroatoms. The van der Waals surface area contributed by atoms with Gasteiger partial charge in [0, 0.05) is 18.9 Å². The van der Waals surface area contributed by atoms with Gasteiger partial charge in [0.15, 0.2) is 5.78 Å². The number of hydrogen-bond acceptors (Lipinski definition) is 3. The Hall–Kier alpha value is -1.63. The number of hydrogen-bond donors (Lipinski definition) is 0. The summed E-state index contributed by atoms with van der Waals surface area (Å²) in [5, 5.41) is 9.18. The number of fused-ring (bicyclic) bond motifs is 1. The Kier molecular flexibility index (Phi) is 3.04. The van der Waals surface area contributed by atoms with Gasteiger partial charge in [-0.2, -0.15) is 5.26 Å². The fraction of sp³-hybridized carbons (Fsp3) is 0.667. The molecule has 2 aliphatic rings. The maximum absolute atomic E-state index is 12.4. The van der Waals surface area contributed by atoms with Crippen molar-refractivity contribution in [2.45, 2.75) is 45.6 Å². The number of carbonyl (C=O) groups excluding carboxylic acids is 2. The van der Waals surface area contributed by atoms with Crippen LogP contribution in [0.3, 0.4) is 0 Å². The van der Waals surface area contributed by atoms with E-state index in [0.717, 1.165) is 12.8 Å². The Bertz CT molecular complexity index is 513. The summed E-state index contributed by atoms with van der Waals surface area (Å²) in [7, 11) is 1.78. The maximum Gasteiger partial charge on any atom is 0.223 e. The lowest BCUT2D eigenvalue weighted by atomic mass is 9.59. The molecule has 0 spiro atoms. The summed E-state index contributed by atoms with van der Waals surface area (Å²) in [6, 6.07) is 2.00. The van der Waals surface area contributed by atoms with Crippen LogP contribution in [0.15, 0.2) is 11.6 Å². The van der Waals surface area contributed by atoms with E-state index in [9.17, 15) is 14.9 Å². The minimum absolute atomic E-state index is 0.0565. The van der Waals surface area contributed by atoms with Crippen LogP contribution >= 0.6 is 0 Å². The van der Waals surface area contributed by atoms with Gasteiger partial charge in [0.25, 0.3) is 0 Å². The molecule has 0 aromatic rings. The second kappa shape index (κ2) is 4.19. The number of Topliss-reactive ketones (excluding diaryl/α,β-unsaturated/α-hetero) is 1. The zero-order valence-electron chi connectivity index (χ0n) is 12.0. The first-order valence-electron chi connectivity index (χ1n) is 6.69. The van der Waals surface area contributed by atoms with Crippen molar-refractivity contribution in [3.8, 4) is 6.07 Å². The van der Waals surface area contributed by atoms with Gasteiger partial charge >= 0.3 is 0 Å². The van der Waals surface area contributed by atoms with Crippen LogP contribution in [0.4, 0.5) is 0 Å². The fourth-order valence-corrected chi connectivity index (χ4v) is 3.65. The van der Waals surface area contributed by atoms with Crippen LogP contribution in [0.25, 0.3) is 0 Å². The smallest absolute Gasteiger partial charge is 0.223 e. The molecule has 0 unspecified atom stereocenters. The van der Waals surface area contributed by atoms with Crippen LogP contribution < -0.4 is 0 Å². The Balaban J connectivity index is 2.64. The summed E-state index contributed by atoms with van der Waals surface area (Å²) in [4.78, 5) is 26.2. The van der Waals surface area contributed by atoms with Gasteiger partial charge in [-0.25, -0.2) is 0 Å². The third kappa shape index (κ3) is 1.80. The van der Waals surface area contributed by atoms with E-state index in [1.54, 1.807) is 18.0 Å².